The van der Waals surface area contributed by atoms with Gasteiger partial charge in [0.15, 0.2) is 5.82 Å². The SMILES string of the molecule is COCc1nn(-c2ccc(C(F)(F)F)cn2)cc1N(c1ccc(C(=O)N(C)CCC(=O)O)cc1)C1CCCCC1. The minimum atomic E-state index is -4.49. The molecule has 214 valence electrons. The Bertz CT molecular complexity index is 1300. The summed E-state index contributed by atoms with van der Waals surface area (Å²) in [7, 11) is 3.11. The van der Waals surface area contributed by atoms with Crippen molar-refractivity contribution in [3.05, 3.63) is 65.6 Å². The van der Waals surface area contributed by atoms with Gasteiger partial charge in [-0.3, -0.25) is 9.59 Å². The van der Waals surface area contributed by atoms with Crippen molar-refractivity contribution in [3.8, 4) is 5.82 Å². The van der Waals surface area contributed by atoms with Crippen LogP contribution in [0, 0.1) is 0 Å². The third kappa shape index (κ3) is 6.79. The van der Waals surface area contributed by atoms with E-state index in [0.29, 0.717) is 11.3 Å². The van der Waals surface area contributed by atoms with E-state index in [0.717, 1.165) is 55.7 Å². The number of halogens is 3. The topological polar surface area (TPSA) is 101 Å². The van der Waals surface area contributed by atoms with Crippen LogP contribution < -0.4 is 4.90 Å². The van der Waals surface area contributed by atoms with E-state index < -0.39 is 17.7 Å². The Morgan fingerprint density at radius 1 is 1.10 bits per heavy atom. The van der Waals surface area contributed by atoms with Gasteiger partial charge >= 0.3 is 12.1 Å². The van der Waals surface area contributed by atoms with Gasteiger partial charge in [-0.05, 0) is 49.2 Å². The molecule has 1 N–H and O–H groups in total. The first kappa shape index (κ1) is 29.1. The second-order valence-corrected chi connectivity index (χ2v) is 9.82. The third-order valence-corrected chi connectivity index (χ3v) is 6.96. The molecule has 4 rings (SSSR count). The average molecular weight is 560 g/mol. The highest BCUT2D eigenvalue weighted by molar-refractivity contribution is 5.94. The first-order valence-electron chi connectivity index (χ1n) is 13.1. The molecule has 1 saturated carbocycles. The number of hydrogen-bond donors (Lipinski definition) is 1. The largest absolute Gasteiger partial charge is 0.481 e. The second kappa shape index (κ2) is 12.5. The lowest BCUT2D eigenvalue weighted by Gasteiger charge is -2.36. The number of hydrogen-bond acceptors (Lipinski definition) is 6. The van der Waals surface area contributed by atoms with Gasteiger partial charge in [-0.2, -0.15) is 18.3 Å². The van der Waals surface area contributed by atoms with E-state index in [9.17, 15) is 22.8 Å². The monoisotopic (exact) mass is 559 g/mol. The van der Waals surface area contributed by atoms with Gasteiger partial charge in [-0.1, -0.05) is 19.3 Å². The molecule has 0 bridgehead atoms. The molecule has 3 aromatic rings. The lowest BCUT2D eigenvalue weighted by atomic mass is 9.93. The predicted octanol–water partition coefficient (Wildman–Crippen LogP) is 5.45. The van der Waals surface area contributed by atoms with Crippen molar-refractivity contribution in [1.29, 1.82) is 0 Å². The van der Waals surface area contributed by atoms with E-state index in [1.807, 2.05) is 12.1 Å². The van der Waals surface area contributed by atoms with Crippen LogP contribution in [0.25, 0.3) is 5.82 Å². The highest BCUT2D eigenvalue weighted by atomic mass is 19.4. The number of anilines is 2. The van der Waals surface area contributed by atoms with Gasteiger partial charge in [0.1, 0.15) is 5.69 Å². The molecule has 1 aromatic carbocycles. The van der Waals surface area contributed by atoms with Crippen LogP contribution >= 0.6 is 0 Å². The highest BCUT2D eigenvalue weighted by Gasteiger charge is 2.31. The van der Waals surface area contributed by atoms with Crippen molar-refractivity contribution in [2.75, 3.05) is 25.6 Å². The number of carbonyl (C=O) groups excluding carboxylic acids is 1. The molecule has 1 aliphatic carbocycles. The second-order valence-electron chi connectivity index (χ2n) is 9.82. The minimum Gasteiger partial charge on any atom is -0.481 e. The van der Waals surface area contributed by atoms with Crippen molar-refractivity contribution in [1.82, 2.24) is 19.7 Å². The number of carboxylic acids is 1. The number of nitrogens with zero attached hydrogens (tertiary/aromatic N) is 5. The van der Waals surface area contributed by atoms with Gasteiger partial charge in [-0.15, -0.1) is 0 Å². The van der Waals surface area contributed by atoms with E-state index in [2.05, 4.69) is 15.0 Å². The van der Waals surface area contributed by atoms with E-state index in [-0.39, 0.29) is 37.3 Å². The zero-order valence-electron chi connectivity index (χ0n) is 22.4. The summed E-state index contributed by atoms with van der Waals surface area (Å²) >= 11 is 0. The molecule has 1 aliphatic rings. The smallest absolute Gasteiger partial charge is 0.417 e. The molecule has 40 heavy (non-hydrogen) atoms. The summed E-state index contributed by atoms with van der Waals surface area (Å²) in [6, 6.07) is 9.51. The number of amides is 1. The van der Waals surface area contributed by atoms with Crippen molar-refractivity contribution in [2.45, 2.75) is 57.3 Å². The molecule has 9 nitrogen and oxygen atoms in total. The fourth-order valence-electron chi connectivity index (χ4n) is 4.88. The van der Waals surface area contributed by atoms with Gasteiger partial charge in [0.2, 0.25) is 0 Å². The maximum atomic E-state index is 13.0. The molecule has 0 saturated heterocycles. The molecule has 2 heterocycles. The number of carboxylic acid groups (broad SMARTS) is 1. The Morgan fingerprint density at radius 3 is 2.38 bits per heavy atom. The standard InChI is InChI=1S/C28H32F3N5O4/c1-34(15-14-26(37)38)27(39)19-8-11-22(12-9-19)36(21-6-4-3-5-7-21)24-17-35(33-23(24)18-40-2)25-13-10-20(16-32-25)28(29,30)31/h8-13,16-17,21H,3-7,14-15,18H2,1-2H3,(H,37,38). The average Bonchev–Trinajstić information content (AvgIpc) is 3.35. The maximum Gasteiger partial charge on any atom is 0.417 e. The number of rotatable bonds is 10. The summed E-state index contributed by atoms with van der Waals surface area (Å²) in [6.45, 7) is 0.277. The molecule has 2 aromatic heterocycles. The van der Waals surface area contributed by atoms with Gasteiger partial charge in [0, 0.05) is 44.2 Å². The van der Waals surface area contributed by atoms with Crippen molar-refractivity contribution in [3.63, 3.8) is 0 Å². The number of methoxy groups -OCH3 is 1. The van der Waals surface area contributed by atoms with Crippen LogP contribution in [0.4, 0.5) is 24.5 Å². The van der Waals surface area contributed by atoms with Crippen LogP contribution in [0.15, 0.2) is 48.8 Å². The summed E-state index contributed by atoms with van der Waals surface area (Å²) < 4.78 is 46.0. The molecule has 1 amide bonds. The minimum absolute atomic E-state index is 0.0989. The van der Waals surface area contributed by atoms with Crippen molar-refractivity contribution >= 4 is 23.3 Å². The Balaban J connectivity index is 1.69. The van der Waals surface area contributed by atoms with E-state index >= 15 is 0 Å². The van der Waals surface area contributed by atoms with Crippen LogP contribution in [0.1, 0.15) is 60.1 Å². The molecule has 0 radical (unpaired) electrons. The van der Waals surface area contributed by atoms with Crippen LogP contribution in [-0.4, -0.2) is 63.4 Å². The molecule has 0 atom stereocenters. The normalized spacial score (nSPS) is 14.2. The zero-order valence-corrected chi connectivity index (χ0v) is 22.4. The molecule has 1 fully saturated rings. The maximum absolute atomic E-state index is 13.0. The summed E-state index contributed by atoms with van der Waals surface area (Å²) in [5, 5.41) is 13.5. The first-order chi connectivity index (χ1) is 19.1. The van der Waals surface area contributed by atoms with Gasteiger partial charge < -0.3 is 19.6 Å². The first-order valence-corrected chi connectivity index (χ1v) is 13.1. The molecule has 0 spiro atoms. The number of alkyl halides is 3. The molecular formula is C28H32F3N5O4. The lowest BCUT2D eigenvalue weighted by Crippen LogP contribution is -2.33. The zero-order chi connectivity index (χ0) is 28.9. The number of pyridine rings is 1. The molecule has 12 heteroatoms. The molecular weight excluding hydrogens is 527 g/mol. The number of aliphatic carboxylic acids is 1. The Morgan fingerprint density at radius 2 is 1.80 bits per heavy atom. The highest BCUT2D eigenvalue weighted by Crippen LogP contribution is 2.37. The Labute approximate surface area is 230 Å². The number of benzene rings is 1. The van der Waals surface area contributed by atoms with E-state index in [4.69, 9.17) is 9.84 Å². The van der Waals surface area contributed by atoms with Crippen LogP contribution in [0.3, 0.4) is 0 Å². The lowest BCUT2D eigenvalue weighted by molar-refractivity contribution is -0.138. The van der Waals surface area contributed by atoms with Gasteiger partial charge in [0.05, 0.1) is 30.5 Å². The van der Waals surface area contributed by atoms with Crippen LogP contribution in [0.5, 0.6) is 0 Å². The molecule has 0 unspecified atom stereocenters. The summed E-state index contributed by atoms with van der Waals surface area (Å²) in [5.74, 6) is -1.01. The quantitative estimate of drug-likeness (QED) is 0.353. The van der Waals surface area contributed by atoms with Gasteiger partial charge in [-0.25, -0.2) is 9.67 Å². The van der Waals surface area contributed by atoms with Crippen molar-refractivity contribution in [2.24, 2.45) is 0 Å². The summed E-state index contributed by atoms with van der Waals surface area (Å²) in [4.78, 5) is 31.2. The number of aromatic nitrogens is 3. The van der Waals surface area contributed by atoms with Crippen LogP contribution in [0.2, 0.25) is 0 Å². The predicted molar refractivity (Wildman–Crippen MR) is 142 cm³/mol. The van der Waals surface area contributed by atoms with E-state index in [1.165, 1.54) is 15.6 Å². The number of ether oxygens (including phenoxy) is 1. The fourth-order valence-corrected chi connectivity index (χ4v) is 4.88. The number of carbonyl (C=O) groups is 2. The summed E-state index contributed by atoms with van der Waals surface area (Å²) in [6.07, 6.45) is 3.03. The molecule has 0 aliphatic heterocycles. The summed E-state index contributed by atoms with van der Waals surface area (Å²) in [5.41, 5.74) is 1.76. The van der Waals surface area contributed by atoms with Crippen LogP contribution in [-0.2, 0) is 22.3 Å². The Hall–Kier alpha value is -3.93. The third-order valence-electron chi connectivity index (χ3n) is 6.96. The van der Waals surface area contributed by atoms with Crippen molar-refractivity contribution < 1.29 is 32.6 Å². The van der Waals surface area contributed by atoms with E-state index in [1.54, 1.807) is 32.5 Å². The fraction of sp³-hybridized carbons (Fsp3) is 0.429. The van der Waals surface area contributed by atoms with Gasteiger partial charge in [0.25, 0.3) is 5.91 Å². The Kier molecular flexibility index (Phi) is 9.08.